The number of ether oxygens (including phenoxy) is 4. The first-order valence-corrected chi connectivity index (χ1v) is 8.90. The molecular weight excluding hydrogens is 353 g/mol. The summed E-state index contributed by atoms with van der Waals surface area (Å²) in [5.74, 6) is 0.769. The monoisotopic (exact) mass is 373 g/mol. The van der Waals surface area contributed by atoms with Gasteiger partial charge in [0, 0.05) is 12.5 Å². The maximum atomic E-state index is 13.4. The van der Waals surface area contributed by atoms with Crippen LogP contribution in [0.5, 0.6) is 17.2 Å². The van der Waals surface area contributed by atoms with Crippen LogP contribution in [0.15, 0.2) is 42.5 Å². The fourth-order valence-corrected chi connectivity index (χ4v) is 3.21. The minimum atomic E-state index is -0.367. The van der Waals surface area contributed by atoms with Crippen molar-refractivity contribution in [3.63, 3.8) is 0 Å². The first-order chi connectivity index (χ1) is 13.2. The van der Waals surface area contributed by atoms with Gasteiger partial charge in [0.05, 0.1) is 24.8 Å². The maximum absolute atomic E-state index is 13.4. The summed E-state index contributed by atoms with van der Waals surface area (Å²) in [7, 11) is 0. The van der Waals surface area contributed by atoms with Crippen molar-refractivity contribution in [2.24, 2.45) is 0 Å². The largest absolute Gasteiger partial charge is 0.488 e. The number of hydrogen-bond donors (Lipinski definition) is 1. The van der Waals surface area contributed by atoms with Crippen molar-refractivity contribution >= 4 is 5.91 Å². The molecule has 2 aliphatic rings. The van der Waals surface area contributed by atoms with E-state index in [4.69, 9.17) is 18.9 Å². The number of hydrogen-bond acceptors (Lipinski definition) is 5. The van der Waals surface area contributed by atoms with Gasteiger partial charge in [-0.2, -0.15) is 0 Å². The van der Waals surface area contributed by atoms with Crippen LogP contribution in [-0.2, 0) is 4.74 Å². The minimum Gasteiger partial charge on any atom is -0.488 e. The third-order valence-electron chi connectivity index (χ3n) is 4.50. The molecule has 142 valence electrons. The molecule has 1 fully saturated rings. The number of para-hydroxylation sites is 1. The summed E-state index contributed by atoms with van der Waals surface area (Å²) < 4.78 is 36.0. The van der Waals surface area contributed by atoms with Gasteiger partial charge in [-0.05, 0) is 24.3 Å². The molecule has 1 saturated heterocycles. The normalized spacial score (nSPS) is 21.4. The van der Waals surface area contributed by atoms with Crippen molar-refractivity contribution in [3.05, 3.63) is 53.8 Å². The van der Waals surface area contributed by atoms with E-state index < -0.39 is 0 Å². The number of nitrogens with one attached hydrogen (secondary N) is 1. The van der Waals surface area contributed by atoms with Gasteiger partial charge in [-0.3, -0.25) is 4.79 Å². The van der Waals surface area contributed by atoms with Crippen LogP contribution in [-0.4, -0.2) is 44.5 Å². The Morgan fingerprint density at radius 2 is 1.96 bits per heavy atom. The molecule has 6 nitrogen and oxygen atoms in total. The lowest BCUT2D eigenvalue weighted by molar-refractivity contribution is -0.00304. The van der Waals surface area contributed by atoms with Crippen molar-refractivity contribution in [1.29, 1.82) is 0 Å². The fraction of sp³-hybridized carbons (Fsp3) is 0.350. The van der Waals surface area contributed by atoms with E-state index in [2.05, 4.69) is 5.32 Å². The predicted octanol–water partition coefficient (Wildman–Crippen LogP) is 2.56. The Balaban J connectivity index is 1.49. The van der Waals surface area contributed by atoms with E-state index in [0.29, 0.717) is 55.7 Å². The van der Waals surface area contributed by atoms with Gasteiger partial charge in [-0.15, -0.1) is 0 Å². The molecule has 0 bridgehead atoms. The van der Waals surface area contributed by atoms with Gasteiger partial charge in [0.25, 0.3) is 5.91 Å². The molecule has 27 heavy (non-hydrogen) atoms. The summed E-state index contributed by atoms with van der Waals surface area (Å²) in [4.78, 5) is 12.8. The zero-order chi connectivity index (χ0) is 18.6. The van der Waals surface area contributed by atoms with Crippen molar-refractivity contribution in [2.75, 3.05) is 26.4 Å². The van der Waals surface area contributed by atoms with Crippen molar-refractivity contribution in [1.82, 2.24) is 5.32 Å². The van der Waals surface area contributed by atoms with Gasteiger partial charge in [-0.1, -0.05) is 12.1 Å². The van der Waals surface area contributed by atoms with E-state index in [1.54, 1.807) is 30.3 Å². The van der Waals surface area contributed by atoms with Gasteiger partial charge in [0.15, 0.2) is 11.5 Å². The number of carbonyl (C=O) groups is 1. The van der Waals surface area contributed by atoms with Gasteiger partial charge < -0.3 is 24.3 Å². The maximum Gasteiger partial charge on any atom is 0.255 e. The summed E-state index contributed by atoms with van der Waals surface area (Å²) in [5, 5.41) is 2.95. The second kappa shape index (κ2) is 7.84. The summed E-state index contributed by atoms with van der Waals surface area (Å²) in [6.07, 6.45) is 0.273. The zero-order valence-corrected chi connectivity index (χ0v) is 14.7. The van der Waals surface area contributed by atoms with Crippen LogP contribution in [0.3, 0.4) is 0 Å². The molecule has 2 heterocycles. The molecule has 7 heteroatoms. The van der Waals surface area contributed by atoms with Crippen LogP contribution in [0.4, 0.5) is 4.39 Å². The summed E-state index contributed by atoms with van der Waals surface area (Å²) in [6.45, 7) is 1.69. The van der Waals surface area contributed by atoms with Crippen molar-refractivity contribution < 1.29 is 28.1 Å². The van der Waals surface area contributed by atoms with Crippen molar-refractivity contribution in [2.45, 2.75) is 18.6 Å². The molecule has 0 saturated carbocycles. The Hall–Kier alpha value is -2.80. The minimum absolute atomic E-state index is 0.291. The van der Waals surface area contributed by atoms with Crippen molar-refractivity contribution in [3.8, 4) is 17.2 Å². The molecule has 2 aromatic carbocycles. The molecule has 0 unspecified atom stereocenters. The summed E-state index contributed by atoms with van der Waals surface area (Å²) in [6, 6.07) is 10.8. The van der Waals surface area contributed by atoms with Crippen LogP contribution >= 0.6 is 0 Å². The van der Waals surface area contributed by atoms with E-state index in [-0.39, 0.29) is 23.9 Å². The molecule has 2 aromatic rings. The number of rotatable bonds is 4. The Morgan fingerprint density at radius 1 is 1.11 bits per heavy atom. The second-order valence-electron chi connectivity index (χ2n) is 6.39. The SMILES string of the molecule is O=C(N[C@@H]1COCC[C@@H]1Oc1cccc(F)c1)c1cccc2c1OCCO2. The molecule has 2 atom stereocenters. The van der Waals surface area contributed by atoms with Crippen LogP contribution < -0.4 is 19.5 Å². The quantitative estimate of drug-likeness (QED) is 0.892. The lowest BCUT2D eigenvalue weighted by Gasteiger charge is -2.32. The van der Waals surface area contributed by atoms with Crippen LogP contribution in [0, 0.1) is 5.82 Å². The van der Waals surface area contributed by atoms with Crippen LogP contribution in [0.1, 0.15) is 16.8 Å². The zero-order valence-electron chi connectivity index (χ0n) is 14.7. The predicted molar refractivity (Wildman–Crippen MR) is 94.9 cm³/mol. The lowest BCUT2D eigenvalue weighted by Crippen LogP contribution is -2.51. The lowest BCUT2D eigenvalue weighted by atomic mass is 10.0. The molecule has 1 amide bonds. The molecule has 0 spiro atoms. The molecule has 0 aliphatic carbocycles. The highest BCUT2D eigenvalue weighted by molar-refractivity contribution is 5.98. The second-order valence-corrected chi connectivity index (χ2v) is 6.39. The van der Waals surface area contributed by atoms with Gasteiger partial charge in [0.1, 0.15) is 30.9 Å². The molecule has 2 aliphatic heterocycles. The number of amides is 1. The molecule has 4 rings (SSSR count). The van der Waals surface area contributed by atoms with E-state index in [1.165, 1.54) is 12.1 Å². The highest BCUT2D eigenvalue weighted by Gasteiger charge is 2.31. The third-order valence-corrected chi connectivity index (χ3v) is 4.50. The smallest absolute Gasteiger partial charge is 0.255 e. The Labute approximate surface area is 156 Å². The summed E-state index contributed by atoms with van der Waals surface area (Å²) >= 11 is 0. The Kier molecular flexibility index (Phi) is 5.11. The van der Waals surface area contributed by atoms with Gasteiger partial charge in [-0.25, -0.2) is 4.39 Å². The highest BCUT2D eigenvalue weighted by Crippen LogP contribution is 2.33. The van der Waals surface area contributed by atoms with E-state index >= 15 is 0 Å². The highest BCUT2D eigenvalue weighted by atomic mass is 19.1. The van der Waals surface area contributed by atoms with Gasteiger partial charge in [0.2, 0.25) is 0 Å². The van der Waals surface area contributed by atoms with E-state index in [0.717, 1.165) is 0 Å². The summed E-state index contributed by atoms with van der Waals surface area (Å²) in [5.41, 5.74) is 0.405. The number of benzene rings is 2. The Bertz CT molecular complexity index is 828. The standard InChI is InChI=1S/C20H20FNO5/c21-13-3-1-4-14(11-13)27-17-7-8-24-12-16(17)22-20(23)15-5-2-6-18-19(15)26-10-9-25-18/h1-6,11,16-17H,7-10,12H2,(H,22,23)/t16-,17+/m1/s1. The average Bonchev–Trinajstić information content (AvgIpc) is 2.69. The van der Waals surface area contributed by atoms with Gasteiger partial charge >= 0.3 is 0 Å². The molecule has 1 N–H and O–H groups in total. The van der Waals surface area contributed by atoms with Crippen LogP contribution in [0.2, 0.25) is 0 Å². The number of carbonyl (C=O) groups excluding carboxylic acids is 1. The van der Waals surface area contributed by atoms with E-state index in [9.17, 15) is 9.18 Å². The first kappa shape index (κ1) is 17.6. The molecule has 0 aromatic heterocycles. The number of halogens is 1. The number of fused-ring (bicyclic) bond motifs is 1. The molecule has 0 radical (unpaired) electrons. The fourth-order valence-electron chi connectivity index (χ4n) is 3.21. The van der Waals surface area contributed by atoms with E-state index in [1.807, 2.05) is 0 Å². The topological polar surface area (TPSA) is 66.0 Å². The van der Waals surface area contributed by atoms with Crippen LogP contribution in [0.25, 0.3) is 0 Å². The Morgan fingerprint density at radius 3 is 2.85 bits per heavy atom. The molecular formula is C20H20FNO5. The average molecular weight is 373 g/mol. The third kappa shape index (κ3) is 3.98. The first-order valence-electron chi connectivity index (χ1n) is 8.90.